The molecule has 2 rings (SSSR count). The fraction of sp³-hybridized carbons (Fsp3) is 0.571. The largest absolute Gasteiger partial charge is 0.390 e. The van der Waals surface area contributed by atoms with Crippen LogP contribution in [-0.4, -0.2) is 48.5 Å². The van der Waals surface area contributed by atoms with Gasteiger partial charge in [0.25, 0.3) is 0 Å². The van der Waals surface area contributed by atoms with Crippen molar-refractivity contribution in [2.24, 2.45) is 0 Å². The van der Waals surface area contributed by atoms with E-state index in [1.165, 1.54) is 6.07 Å². The van der Waals surface area contributed by atoms with Crippen LogP contribution < -0.4 is 0 Å². The van der Waals surface area contributed by atoms with E-state index in [1.807, 2.05) is 0 Å². The third kappa shape index (κ3) is 3.99. The average Bonchev–Trinajstić information content (AvgIpc) is 2.43. The van der Waals surface area contributed by atoms with Crippen LogP contribution in [0.4, 0.5) is 4.39 Å². The van der Waals surface area contributed by atoms with Crippen LogP contribution in [-0.2, 0) is 11.2 Å². The van der Waals surface area contributed by atoms with Gasteiger partial charge in [-0.2, -0.15) is 0 Å². The minimum atomic E-state index is -0.682. The van der Waals surface area contributed by atoms with Crippen LogP contribution in [0.25, 0.3) is 0 Å². The molecule has 2 unspecified atom stereocenters. The van der Waals surface area contributed by atoms with Gasteiger partial charge in [-0.15, -0.1) is 0 Å². The normalized spacial score (nSPS) is 22.4. The maximum Gasteiger partial charge on any atom is 0.126 e. The Morgan fingerprint density at radius 3 is 3.11 bits per heavy atom. The summed E-state index contributed by atoms with van der Waals surface area (Å²) in [6, 6.07) is 4.77. The zero-order chi connectivity index (χ0) is 13.8. The second-order valence-corrected chi connectivity index (χ2v) is 5.73. The summed E-state index contributed by atoms with van der Waals surface area (Å²) in [6.07, 6.45) is -0.654. The molecule has 0 bridgehead atoms. The molecule has 0 spiro atoms. The first-order valence-electron chi connectivity index (χ1n) is 6.56. The Labute approximate surface area is 121 Å². The van der Waals surface area contributed by atoms with Crippen LogP contribution in [0.5, 0.6) is 0 Å². The molecule has 19 heavy (non-hydrogen) atoms. The van der Waals surface area contributed by atoms with Gasteiger partial charge in [0.15, 0.2) is 0 Å². The molecule has 1 aromatic carbocycles. The molecule has 0 aromatic heterocycles. The van der Waals surface area contributed by atoms with Crippen molar-refractivity contribution in [3.05, 3.63) is 34.1 Å². The van der Waals surface area contributed by atoms with Crippen molar-refractivity contribution in [1.82, 2.24) is 4.90 Å². The maximum atomic E-state index is 13.7. The number of halogens is 2. The Hall–Kier alpha value is -0.490. The predicted molar refractivity (Wildman–Crippen MR) is 75.7 cm³/mol. The van der Waals surface area contributed by atoms with Crippen molar-refractivity contribution < 1.29 is 14.2 Å². The minimum Gasteiger partial charge on any atom is -0.390 e. The molecule has 0 saturated carbocycles. The van der Waals surface area contributed by atoms with Crippen molar-refractivity contribution in [2.75, 3.05) is 26.2 Å². The number of ether oxygens (including phenoxy) is 1. The standard InChI is InChI=1S/C14H19BrFNO2/c1-2-17-5-6-19-14(9-17)13(18)8-10-7-11(15)3-4-12(10)16/h3-4,7,13-14,18H,2,5-6,8-9H2,1H3. The van der Waals surface area contributed by atoms with Gasteiger partial charge < -0.3 is 9.84 Å². The van der Waals surface area contributed by atoms with E-state index in [1.54, 1.807) is 12.1 Å². The lowest BCUT2D eigenvalue weighted by Crippen LogP contribution is -2.48. The molecule has 1 aliphatic rings. The van der Waals surface area contributed by atoms with Crippen LogP contribution in [0.2, 0.25) is 0 Å². The second kappa shape index (κ2) is 6.79. The summed E-state index contributed by atoms with van der Waals surface area (Å²) in [4.78, 5) is 2.23. The first-order chi connectivity index (χ1) is 9.10. The quantitative estimate of drug-likeness (QED) is 0.918. The Morgan fingerprint density at radius 2 is 2.37 bits per heavy atom. The average molecular weight is 332 g/mol. The molecule has 0 radical (unpaired) electrons. The molecule has 1 fully saturated rings. The predicted octanol–water partition coefficient (Wildman–Crippen LogP) is 2.21. The van der Waals surface area contributed by atoms with E-state index in [-0.39, 0.29) is 18.3 Å². The van der Waals surface area contributed by atoms with Gasteiger partial charge in [-0.05, 0) is 30.3 Å². The zero-order valence-corrected chi connectivity index (χ0v) is 12.6. The topological polar surface area (TPSA) is 32.7 Å². The highest BCUT2D eigenvalue weighted by Gasteiger charge is 2.26. The third-order valence-corrected chi connectivity index (χ3v) is 3.98. The summed E-state index contributed by atoms with van der Waals surface area (Å²) in [6.45, 7) is 5.25. The van der Waals surface area contributed by atoms with Crippen molar-refractivity contribution in [2.45, 2.75) is 25.6 Å². The summed E-state index contributed by atoms with van der Waals surface area (Å²) in [5.41, 5.74) is 0.513. The number of aliphatic hydroxyl groups is 1. The number of hydrogen-bond acceptors (Lipinski definition) is 3. The highest BCUT2D eigenvalue weighted by molar-refractivity contribution is 9.10. The molecule has 0 aliphatic carbocycles. The van der Waals surface area contributed by atoms with Crippen molar-refractivity contribution in [3.8, 4) is 0 Å². The lowest BCUT2D eigenvalue weighted by atomic mass is 10.0. The second-order valence-electron chi connectivity index (χ2n) is 4.81. The molecule has 0 amide bonds. The molecule has 3 nitrogen and oxygen atoms in total. The summed E-state index contributed by atoms with van der Waals surface area (Å²) in [5, 5.41) is 10.2. The lowest BCUT2D eigenvalue weighted by molar-refractivity contribution is -0.0869. The SMILES string of the molecule is CCN1CCOC(C(O)Cc2cc(Br)ccc2F)C1. The molecule has 1 aromatic rings. The Balaban J connectivity index is 2.00. The van der Waals surface area contributed by atoms with E-state index in [0.717, 1.165) is 17.6 Å². The number of nitrogens with zero attached hydrogens (tertiary/aromatic N) is 1. The fourth-order valence-corrected chi connectivity index (χ4v) is 2.72. The maximum absolute atomic E-state index is 13.7. The number of morpholine rings is 1. The van der Waals surface area contributed by atoms with E-state index in [4.69, 9.17) is 4.74 Å². The molecule has 5 heteroatoms. The van der Waals surface area contributed by atoms with Gasteiger partial charge in [-0.3, -0.25) is 4.90 Å². The summed E-state index contributed by atoms with van der Waals surface area (Å²) in [7, 11) is 0. The Bertz CT molecular complexity index is 430. The van der Waals surface area contributed by atoms with Gasteiger partial charge >= 0.3 is 0 Å². The van der Waals surface area contributed by atoms with E-state index in [2.05, 4.69) is 27.8 Å². The van der Waals surface area contributed by atoms with Gasteiger partial charge in [0.1, 0.15) is 5.82 Å². The molecular weight excluding hydrogens is 313 g/mol. The van der Waals surface area contributed by atoms with Crippen molar-refractivity contribution in [3.63, 3.8) is 0 Å². The van der Waals surface area contributed by atoms with Gasteiger partial charge in [0, 0.05) is 24.0 Å². The molecule has 1 aliphatic heterocycles. The minimum absolute atomic E-state index is 0.243. The number of aliphatic hydroxyl groups excluding tert-OH is 1. The number of rotatable bonds is 4. The summed E-state index contributed by atoms with van der Waals surface area (Å²) < 4.78 is 20.1. The summed E-state index contributed by atoms with van der Waals surface area (Å²) in [5.74, 6) is -0.287. The van der Waals surface area contributed by atoms with Crippen LogP contribution in [0, 0.1) is 5.82 Å². The monoisotopic (exact) mass is 331 g/mol. The van der Waals surface area contributed by atoms with Gasteiger partial charge in [-0.1, -0.05) is 22.9 Å². The first kappa shape index (κ1) is 14.9. The van der Waals surface area contributed by atoms with E-state index in [9.17, 15) is 9.50 Å². The molecule has 1 saturated heterocycles. The van der Waals surface area contributed by atoms with E-state index >= 15 is 0 Å². The van der Waals surface area contributed by atoms with Gasteiger partial charge in [0.2, 0.25) is 0 Å². The van der Waals surface area contributed by atoms with Gasteiger partial charge in [0.05, 0.1) is 18.8 Å². The highest BCUT2D eigenvalue weighted by Crippen LogP contribution is 2.19. The van der Waals surface area contributed by atoms with Crippen LogP contribution >= 0.6 is 15.9 Å². The zero-order valence-electron chi connectivity index (χ0n) is 11.0. The summed E-state index contributed by atoms with van der Waals surface area (Å²) >= 11 is 3.32. The smallest absolute Gasteiger partial charge is 0.126 e. The molecule has 1 N–H and O–H groups in total. The van der Waals surface area contributed by atoms with E-state index < -0.39 is 6.10 Å². The van der Waals surface area contributed by atoms with Crippen LogP contribution in [0.15, 0.2) is 22.7 Å². The van der Waals surface area contributed by atoms with Crippen LogP contribution in [0.3, 0.4) is 0 Å². The van der Waals surface area contributed by atoms with Gasteiger partial charge in [-0.25, -0.2) is 4.39 Å². The first-order valence-corrected chi connectivity index (χ1v) is 7.35. The highest BCUT2D eigenvalue weighted by atomic mass is 79.9. The molecule has 106 valence electrons. The Kier molecular flexibility index (Phi) is 5.33. The van der Waals surface area contributed by atoms with Crippen molar-refractivity contribution in [1.29, 1.82) is 0 Å². The van der Waals surface area contributed by atoms with Crippen LogP contribution in [0.1, 0.15) is 12.5 Å². The third-order valence-electron chi connectivity index (χ3n) is 3.49. The fourth-order valence-electron chi connectivity index (χ4n) is 2.31. The lowest BCUT2D eigenvalue weighted by Gasteiger charge is -2.34. The number of hydrogen-bond donors (Lipinski definition) is 1. The molecule has 1 heterocycles. The van der Waals surface area contributed by atoms with E-state index in [0.29, 0.717) is 18.7 Å². The molecular formula is C14H19BrFNO2. The number of likely N-dealkylation sites (N-methyl/N-ethyl adjacent to an activating group) is 1. The number of benzene rings is 1. The Morgan fingerprint density at radius 1 is 1.58 bits per heavy atom. The molecule has 2 atom stereocenters. The van der Waals surface area contributed by atoms with Crippen molar-refractivity contribution >= 4 is 15.9 Å².